The molecule has 21 heavy (non-hydrogen) atoms. The molecule has 0 unspecified atom stereocenters. The summed E-state index contributed by atoms with van der Waals surface area (Å²) < 4.78 is 11.3. The number of nitrogens with zero attached hydrogens (tertiary/aromatic N) is 3. The zero-order valence-corrected chi connectivity index (χ0v) is 11.9. The molecule has 108 valence electrons. The molecule has 6 heteroatoms. The van der Waals surface area contributed by atoms with Gasteiger partial charge in [0.05, 0.1) is 26.0 Å². The summed E-state index contributed by atoms with van der Waals surface area (Å²) in [6.07, 6.45) is 0. The van der Waals surface area contributed by atoms with E-state index in [-0.39, 0.29) is 5.56 Å². The highest BCUT2D eigenvalue weighted by Gasteiger charge is 2.09. The Bertz CT molecular complexity index is 714. The Kier molecular flexibility index (Phi) is 4.69. The van der Waals surface area contributed by atoms with E-state index in [4.69, 9.17) is 14.7 Å². The van der Waals surface area contributed by atoms with Crippen LogP contribution in [-0.2, 0) is 11.3 Å². The molecule has 0 radical (unpaired) electrons. The van der Waals surface area contributed by atoms with Crippen molar-refractivity contribution in [1.82, 2.24) is 9.78 Å². The fraction of sp³-hybridized carbons (Fsp3) is 0.267. The van der Waals surface area contributed by atoms with Crippen LogP contribution in [0, 0.1) is 11.3 Å². The standard InChI is InChI=1S/C15H15N3O3/c1-20-8-7-18-15(19)12(10-16)9-14(17-18)11-3-5-13(21-2)6-4-11/h3-6,9H,7-8H2,1-2H3. The van der Waals surface area contributed by atoms with E-state index in [1.165, 1.54) is 10.7 Å². The Labute approximate surface area is 122 Å². The van der Waals surface area contributed by atoms with E-state index < -0.39 is 5.56 Å². The van der Waals surface area contributed by atoms with Gasteiger partial charge in [-0.3, -0.25) is 4.79 Å². The first-order valence-corrected chi connectivity index (χ1v) is 6.35. The quantitative estimate of drug-likeness (QED) is 0.830. The SMILES string of the molecule is COCCn1nc(-c2ccc(OC)cc2)cc(C#N)c1=O. The van der Waals surface area contributed by atoms with Gasteiger partial charge in [0.15, 0.2) is 0 Å². The second kappa shape index (κ2) is 6.68. The summed E-state index contributed by atoms with van der Waals surface area (Å²) in [4.78, 5) is 12.0. The third kappa shape index (κ3) is 3.27. The first-order valence-electron chi connectivity index (χ1n) is 6.35. The third-order valence-electron chi connectivity index (χ3n) is 2.99. The predicted molar refractivity (Wildman–Crippen MR) is 77.1 cm³/mol. The fourth-order valence-electron chi connectivity index (χ4n) is 1.85. The van der Waals surface area contributed by atoms with Crippen LogP contribution < -0.4 is 10.3 Å². The molecule has 0 saturated carbocycles. The average Bonchev–Trinajstić information content (AvgIpc) is 2.54. The summed E-state index contributed by atoms with van der Waals surface area (Å²) in [5.74, 6) is 0.729. The minimum absolute atomic E-state index is 0.0620. The number of rotatable bonds is 5. The van der Waals surface area contributed by atoms with Gasteiger partial charge in [-0.15, -0.1) is 0 Å². The van der Waals surface area contributed by atoms with E-state index in [9.17, 15) is 4.79 Å². The van der Waals surface area contributed by atoms with E-state index in [0.29, 0.717) is 18.8 Å². The van der Waals surface area contributed by atoms with Gasteiger partial charge in [-0.1, -0.05) is 0 Å². The molecule has 0 spiro atoms. The van der Waals surface area contributed by atoms with Crippen LogP contribution in [0.3, 0.4) is 0 Å². The predicted octanol–water partition coefficient (Wildman–Crippen LogP) is 1.44. The van der Waals surface area contributed by atoms with Crippen LogP contribution >= 0.6 is 0 Å². The van der Waals surface area contributed by atoms with Crippen molar-refractivity contribution in [2.75, 3.05) is 20.8 Å². The Hall–Kier alpha value is -2.65. The summed E-state index contributed by atoms with van der Waals surface area (Å²) >= 11 is 0. The Morgan fingerprint density at radius 3 is 2.57 bits per heavy atom. The van der Waals surface area contributed by atoms with Gasteiger partial charge in [0.1, 0.15) is 17.4 Å². The molecule has 0 N–H and O–H groups in total. The van der Waals surface area contributed by atoms with E-state index in [0.717, 1.165) is 11.3 Å². The molecule has 6 nitrogen and oxygen atoms in total. The normalized spacial score (nSPS) is 10.1. The molecule has 0 saturated heterocycles. The van der Waals surface area contributed by atoms with Crippen LogP contribution in [0.1, 0.15) is 5.56 Å². The molecule has 0 aliphatic heterocycles. The molecule has 1 heterocycles. The Morgan fingerprint density at radius 2 is 2.00 bits per heavy atom. The average molecular weight is 285 g/mol. The molecule has 0 atom stereocenters. The number of hydrogen-bond donors (Lipinski definition) is 0. The smallest absolute Gasteiger partial charge is 0.284 e. The van der Waals surface area contributed by atoms with Crippen LogP contribution in [0.5, 0.6) is 5.75 Å². The van der Waals surface area contributed by atoms with Gasteiger partial charge in [-0.05, 0) is 30.3 Å². The molecule has 0 aliphatic rings. The van der Waals surface area contributed by atoms with Crippen LogP contribution in [-0.4, -0.2) is 30.6 Å². The lowest BCUT2D eigenvalue weighted by molar-refractivity contribution is 0.182. The first-order chi connectivity index (χ1) is 10.2. The van der Waals surface area contributed by atoms with Crippen molar-refractivity contribution in [3.05, 3.63) is 46.2 Å². The molecule has 2 rings (SSSR count). The van der Waals surface area contributed by atoms with Gasteiger partial charge >= 0.3 is 0 Å². The van der Waals surface area contributed by atoms with Crippen molar-refractivity contribution >= 4 is 0 Å². The lowest BCUT2D eigenvalue weighted by Gasteiger charge is -2.08. The number of aromatic nitrogens is 2. The topological polar surface area (TPSA) is 77.1 Å². The number of hydrogen-bond acceptors (Lipinski definition) is 5. The van der Waals surface area contributed by atoms with Crippen LogP contribution in [0.2, 0.25) is 0 Å². The van der Waals surface area contributed by atoms with Gasteiger partial charge in [-0.25, -0.2) is 4.68 Å². The summed E-state index contributed by atoms with van der Waals surface area (Å²) in [6.45, 7) is 0.651. The zero-order valence-electron chi connectivity index (χ0n) is 11.9. The van der Waals surface area contributed by atoms with Gasteiger partial charge in [-0.2, -0.15) is 10.4 Å². The summed E-state index contributed by atoms with van der Waals surface area (Å²) in [6, 6.07) is 10.7. The second-order valence-electron chi connectivity index (χ2n) is 4.30. The number of ether oxygens (including phenoxy) is 2. The van der Waals surface area contributed by atoms with E-state index in [2.05, 4.69) is 5.10 Å². The molecule has 0 bridgehead atoms. The maximum atomic E-state index is 12.0. The number of nitriles is 1. The second-order valence-corrected chi connectivity index (χ2v) is 4.30. The molecule has 2 aromatic rings. The Morgan fingerprint density at radius 1 is 1.29 bits per heavy atom. The highest BCUT2D eigenvalue weighted by atomic mass is 16.5. The number of methoxy groups -OCH3 is 2. The maximum absolute atomic E-state index is 12.0. The molecule has 0 fully saturated rings. The minimum Gasteiger partial charge on any atom is -0.497 e. The molecule has 0 amide bonds. The van der Waals surface area contributed by atoms with Crippen molar-refractivity contribution in [2.24, 2.45) is 0 Å². The third-order valence-corrected chi connectivity index (χ3v) is 2.99. The van der Waals surface area contributed by atoms with Crippen LogP contribution in [0.25, 0.3) is 11.3 Å². The number of benzene rings is 1. The van der Waals surface area contributed by atoms with Crippen LogP contribution in [0.4, 0.5) is 0 Å². The highest BCUT2D eigenvalue weighted by molar-refractivity contribution is 5.61. The molecular weight excluding hydrogens is 270 g/mol. The zero-order chi connectivity index (χ0) is 15.2. The van der Waals surface area contributed by atoms with Gasteiger partial charge < -0.3 is 9.47 Å². The highest BCUT2D eigenvalue weighted by Crippen LogP contribution is 2.20. The van der Waals surface area contributed by atoms with E-state index in [1.54, 1.807) is 26.4 Å². The molecule has 0 aliphatic carbocycles. The van der Waals surface area contributed by atoms with Crippen molar-refractivity contribution in [2.45, 2.75) is 6.54 Å². The van der Waals surface area contributed by atoms with Crippen molar-refractivity contribution in [1.29, 1.82) is 5.26 Å². The van der Waals surface area contributed by atoms with Gasteiger partial charge in [0.2, 0.25) is 0 Å². The van der Waals surface area contributed by atoms with E-state index in [1.807, 2.05) is 18.2 Å². The largest absolute Gasteiger partial charge is 0.497 e. The van der Waals surface area contributed by atoms with Gasteiger partial charge in [0.25, 0.3) is 5.56 Å². The van der Waals surface area contributed by atoms with Crippen molar-refractivity contribution in [3.8, 4) is 23.1 Å². The maximum Gasteiger partial charge on any atom is 0.284 e. The lowest BCUT2D eigenvalue weighted by atomic mass is 10.1. The van der Waals surface area contributed by atoms with E-state index >= 15 is 0 Å². The summed E-state index contributed by atoms with van der Waals surface area (Å²) in [7, 11) is 3.13. The molecule has 1 aromatic carbocycles. The van der Waals surface area contributed by atoms with Crippen molar-refractivity contribution in [3.63, 3.8) is 0 Å². The summed E-state index contributed by atoms with van der Waals surface area (Å²) in [5, 5.41) is 13.4. The lowest BCUT2D eigenvalue weighted by Crippen LogP contribution is -2.27. The van der Waals surface area contributed by atoms with Crippen molar-refractivity contribution < 1.29 is 9.47 Å². The van der Waals surface area contributed by atoms with Crippen LogP contribution in [0.15, 0.2) is 35.1 Å². The fourth-order valence-corrected chi connectivity index (χ4v) is 1.85. The monoisotopic (exact) mass is 285 g/mol. The van der Waals surface area contributed by atoms with Gasteiger partial charge in [0, 0.05) is 12.7 Å². The summed E-state index contributed by atoms with van der Waals surface area (Å²) in [5.41, 5.74) is 1.02. The Balaban J connectivity index is 2.47. The molecular formula is C15H15N3O3. The minimum atomic E-state index is -0.410. The molecule has 1 aromatic heterocycles. The first kappa shape index (κ1) is 14.8.